The molecule has 0 heterocycles. The lowest BCUT2D eigenvalue weighted by atomic mass is 9.75. The number of hydrogen-bond donors (Lipinski definition) is 0. The van der Waals surface area contributed by atoms with Crippen LogP contribution in [0.25, 0.3) is 0 Å². The molecule has 0 bridgehead atoms. The molecule has 0 radical (unpaired) electrons. The zero-order chi connectivity index (χ0) is 8.15. The van der Waals surface area contributed by atoms with E-state index in [9.17, 15) is 0 Å². The predicted molar refractivity (Wildman–Crippen MR) is 44.0 cm³/mol. The Labute approximate surface area is 63.3 Å². The third kappa shape index (κ3) is 3.43. The van der Waals surface area contributed by atoms with Gasteiger partial charge in [-0.15, -0.1) is 0 Å². The highest BCUT2D eigenvalue weighted by Crippen LogP contribution is 2.06. The van der Waals surface area contributed by atoms with Gasteiger partial charge in [-0.2, -0.15) is 0 Å². The van der Waals surface area contributed by atoms with Gasteiger partial charge in [0, 0.05) is 5.57 Å². The molecule has 0 spiro atoms. The van der Waals surface area contributed by atoms with Crippen LogP contribution in [-0.4, -0.2) is 14.0 Å². The molecule has 0 rings (SSSR count). The maximum atomic E-state index is 5.32. The van der Waals surface area contributed by atoms with Crippen molar-refractivity contribution in [1.82, 2.24) is 0 Å². The monoisotopic (exact) mass is 142 g/mol. The zero-order valence-corrected chi connectivity index (χ0v) is 7.39. The maximum Gasteiger partial charge on any atom is 0.355 e. The summed E-state index contributed by atoms with van der Waals surface area (Å²) in [6, 6.07) is 0. The molecule has 10 heavy (non-hydrogen) atoms. The minimum absolute atomic E-state index is 0.185. The van der Waals surface area contributed by atoms with Crippen molar-refractivity contribution in [3.05, 3.63) is 11.5 Å². The highest BCUT2D eigenvalue weighted by molar-refractivity contribution is 6.48. The zero-order valence-electron chi connectivity index (χ0n) is 7.39. The van der Waals surface area contributed by atoms with Gasteiger partial charge < -0.3 is 9.39 Å². The topological polar surface area (TPSA) is 18.5 Å². The van der Waals surface area contributed by atoms with E-state index in [2.05, 4.69) is 0 Å². The molecule has 0 aromatic rings. The van der Waals surface area contributed by atoms with E-state index in [0.717, 1.165) is 5.57 Å². The van der Waals surface area contributed by atoms with Crippen LogP contribution in [0.1, 0.15) is 13.8 Å². The summed E-state index contributed by atoms with van der Waals surface area (Å²) >= 11 is 0. The summed E-state index contributed by atoms with van der Waals surface area (Å²) in [6.45, 7) is 8.05. The first-order chi connectivity index (χ1) is 4.57. The Balaban J connectivity index is 3.97. The highest BCUT2D eigenvalue weighted by Gasteiger charge is 2.05. The highest BCUT2D eigenvalue weighted by atomic mass is 16.6. The van der Waals surface area contributed by atoms with Crippen LogP contribution >= 0.6 is 0 Å². The largest absolute Gasteiger partial charge is 0.537 e. The van der Waals surface area contributed by atoms with Crippen LogP contribution in [0.5, 0.6) is 0 Å². The number of rotatable bonds is 3. The van der Waals surface area contributed by atoms with E-state index in [-0.39, 0.29) is 6.92 Å². The summed E-state index contributed by atoms with van der Waals surface area (Å²) in [5.74, 6) is 0.634. The quantitative estimate of drug-likeness (QED) is 0.444. The molecule has 0 aromatic heterocycles. The molecule has 0 aromatic carbocycles. The lowest BCUT2D eigenvalue weighted by molar-refractivity contribution is 0.147. The standard InChI is InChI=1S/C7H15BO2/c1-6(2)7(9-5)10-8(3)4/h1-5H3. The van der Waals surface area contributed by atoms with E-state index in [0.29, 0.717) is 5.95 Å². The Morgan fingerprint density at radius 2 is 1.70 bits per heavy atom. The van der Waals surface area contributed by atoms with Gasteiger partial charge in [0.1, 0.15) is 0 Å². The van der Waals surface area contributed by atoms with Crippen LogP contribution in [0.4, 0.5) is 0 Å². The average molecular weight is 142 g/mol. The van der Waals surface area contributed by atoms with Crippen LogP contribution in [-0.2, 0) is 9.39 Å². The maximum absolute atomic E-state index is 5.32. The van der Waals surface area contributed by atoms with Crippen LogP contribution in [0.3, 0.4) is 0 Å². The molecule has 2 nitrogen and oxygen atoms in total. The second-order valence-electron chi connectivity index (χ2n) is 2.66. The van der Waals surface area contributed by atoms with Crippen molar-refractivity contribution in [2.24, 2.45) is 0 Å². The molecule has 0 aliphatic heterocycles. The first kappa shape index (κ1) is 9.40. The first-order valence-electron chi connectivity index (χ1n) is 3.46. The van der Waals surface area contributed by atoms with Crippen molar-refractivity contribution < 1.29 is 9.39 Å². The average Bonchev–Trinajstić information content (AvgIpc) is 1.81. The van der Waals surface area contributed by atoms with Gasteiger partial charge in [0.05, 0.1) is 7.11 Å². The first-order valence-corrected chi connectivity index (χ1v) is 3.46. The van der Waals surface area contributed by atoms with E-state index in [4.69, 9.17) is 9.39 Å². The molecule has 0 amide bonds. The fourth-order valence-electron chi connectivity index (χ4n) is 0.584. The van der Waals surface area contributed by atoms with Crippen LogP contribution in [0.15, 0.2) is 11.5 Å². The van der Waals surface area contributed by atoms with Crippen LogP contribution in [0.2, 0.25) is 13.6 Å². The van der Waals surface area contributed by atoms with Gasteiger partial charge in [0.2, 0.25) is 0 Å². The Morgan fingerprint density at radius 3 is 1.80 bits per heavy atom. The van der Waals surface area contributed by atoms with Crippen molar-refractivity contribution in [3.63, 3.8) is 0 Å². The molecule has 0 saturated carbocycles. The third-order valence-electron chi connectivity index (χ3n) is 0.936. The SMILES string of the molecule is COC(OB(C)C)=C(C)C. The Morgan fingerprint density at radius 1 is 1.20 bits per heavy atom. The van der Waals surface area contributed by atoms with E-state index >= 15 is 0 Å². The van der Waals surface area contributed by atoms with Crippen molar-refractivity contribution >= 4 is 6.92 Å². The molecule has 0 saturated heterocycles. The summed E-state index contributed by atoms with van der Waals surface area (Å²) < 4.78 is 10.3. The van der Waals surface area contributed by atoms with Crippen molar-refractivity contribution in [3.8, 4) is 0 Å². The van der Waals surface area contributed by atoms with Crippen LogP contribution in [0, 0.1) is 0 Å². The van der Waals surface area contributed by atoms with Gasteiger partial charge >= 0.3 is 6.92 Å². The number of ether oxygens (including phenoxy) is 1. The Hall–Kier alpha value is -0.595. The normalized spacial score (nSPS) is 8.50. The summed E-state index contributed by atoms with van der Waals surface area (Å²) in [5, 5.41) is 0. The van der Waals surface area contributed by atoms with Gasteiger partial charge in [-0.05, 0) is 27.5 Å². The fourth-order valence-corrected chi connectivity index (χ4v) is 0.584. The van der Waals surface area contributed by atoms with E-state index in [1.54, 1.807) is 7.11 Å². The van der Waals surface area contributed by atoms with Crippen molar-refractivity contribution in [1.29, 1.82) is 0 Å². The summed E-state index contributed by atoms with van der Waals surface area (Å²) in [7, 11) is 1.62. The smallest absolute Gasteiger partial charge is 0.355 e. The van der Waals surface area contributed by atoms with Gasteiger partial charge in [-0.1, -0.05) is 0 Å². The number of allylic oxidation sites excluding steroid dienone is 1. The molecule has 0 unspecified atom stereocenters. The van der Waals surface area contributed by atoms with Gasteiger partial charge in [0.15, 0.2) is 0 Å². The van der Waals surface area contributed by atoms with E-state index < -0.39 is 0 Å². The Bertz CT molecular complexity index is 126. The van der Waals surface area contributed by atoms with Crippen LogP contribution < -0.4 is 0 Å². The summed E-state index contributed by atoms with van der Waals surface area (Å²) in [4.78, 5) is 0. The summed E-state index contributed by atoms with van der Waals surface area (Å²) in [5.41, 5.74) is 1.07. The minimum atomic E-state index is 0.185. The molecule has 0 aliphatic carbocycles. The van der Waals surface area contributed by atoms with Gasteiger partial charge in [0.25, 0.3) is 5.95 Å². The molecule has 0 N–H and O–H groups in total. The molecule has 3 heteroatoms. The van der Waals surface area contributed by atoms with E-state index in [1.165, 1.54) is 0 Å². The number of hydrogen-bond acceptors (Lipinski definition) is 2. The molecule has 0 fully saturated rings. The molecule has 58 valence electrons. The van der Waals surface area contributed by atoms with E-state index in [1.807, 2.05) is 27.5 Å². The summed E-state index contributed by atoms with van der Waals surface area (Å²) in [6.07, 6.45) is 0. The second-order valence-corrected chi connectivity index (χ2v) is 2.66. The Kier molecular flexibility index (Phi) is 4.00. The number of methoxy groups -OCH3 is 1. The van der Waals surface area contributed by atoms with Crippen molar-refractivity contribution in [2.75, 3.05) is 7.11 Å². The van der Waals surface area contributed by atoms with Crippen molar-refractivity contribution in [2.45, 2.75) is 27.5 Å². The molecule has 0 aliphatic rings. The molecular formula is C7H15BO2. The van der Waals surface area contributed by atoms with Gasteiger partial charge in [-0.3, -0.25) is 0 Å². The second kappa shape index (κ2) is 4.26. The predicted octanol–water partition coefficient (Wildman–Crippen LogP) is 2.15. The lowest BCUT2D eigenvalue weighted by Gasteiger charge is -2.11. The third-order valence-corrected chi connectivity index (χ3v) is 0.936. The lowest BCUT2D eigenvalue weighted by Crippen LogP contribution is -2.09. The minimum Gasteiger partial charge on any atom is -0.537 e. The molecule has 0 atom stereocenters. The fraction of sp³-hybridized carbons (Fsp3) is 0.714. The van der Waals surface area contributed by atoms with Gasteiger partial charge in [-0.25, -0.2) is 0 Å². The molecular weight excluding hydrogens is 127 g/mol.